The molecule has 1 N–H and O–H groups in total. The first-order valence-electron chi connectivity index (χ1n) is 5.93. The van der Waals surface area contributed by atoms with E-state index >= 15 is 0 Å². The first kappa shape index (κ1) is 14.8. The molecule has 0 radical (unpaired) electrons. The summed E-state index contributed by atoms with van der Waals surface area (Å²) in [5.74, 6) is 1.51. The van der Waals surface area contributed by atoms with Crippen molar-refractivity contribution in [3.8, 4) is 0 Å². The first-order chi connectivity index (χ1) is 8.60. The van der Waals surface area contributed by atoms with Crippen molar-refractivity contribution in [2.45, 2.75) is 19.9 Å². The third-order valence-electron chi connectivity index (χ3n) is 2.63. The fourth-order valence-electron chi connectivity index (χ4n) is 1.46. The zero-order valence-corrected chi connectivity index (χ0v) is 12.1. The molecule has 0 spiro atoms. The van der Waals surface area contributed by atoms with E-state index in [0.29, 0.717) is 11.5 Å². The Labute approximate surface area is 112 Å². The maximum absolute atomic E-state index is 12.1. The van der Waals surface area contributed by atoms with E-state index in [1.165, 1.54) is 0 Å². The van der Waals surface area contributed by atoms with E-state index in [4.69, 9.17) is 0 Å². The van der Waals surface area contributed by atoms with Gasteiger partial charge in [-0.3, -0.25) is 4.79 Å². The molecule has 1 rings (SSSR count). The highest BCUT2D eigenvalue weighted by atomic mass is 32.2. The lowest BCUT2D eigenvalue weighted by atomic mass is 10.3. The molecule has 0 bridgehead atoms. The smallest absolute Gasteiger partial charge is 0.274 e. The molecule has 0 fully saturated rings. The Hall–Kier alpha value is -1.30. The minimum absolute atomic E-state index is 0.0906. The van der Waals surface area contributed by atoms with Crippen LogP contribution in [0.2, 0.25) is 0 Å². The molecule has 0 aliphatic carbocycles. The van der Waals surface area contributed by atoms with Crippen molar-refractivity contribution in [3.63, 3.8) is 0 Å². The van der Waals surface area contributed by atoms with Crippen LogP contribution in [0.15, 0.2) is 12.1 Å². The molecule has 0 saturated heterocycles. The van der Waals surface area contributed by atoms with Crippen LogP contribution in [-0.2, 0) is 0 Å². The lowest BCUT2D eigenvalue weighted by Gasteiger charge is -2.23. The summed E-state index contributed by atoms with van der Waals surface area (Å²) in [4.78, 5) is 13.8. The van der Waals surface area contributed by atoms with Crippen LogP contribution in [0.3, 0.4) is 0 Å². The van der Waals surface area contributed by atoms with Crippen molar-refractivity contribution in [1.29, 1.82) is 0 Å². The molecule has 18 heavy (non-hydrogen) atoms. The average molecular weight is 268 g/mol. The van der Waals surface area contributed by atoms with Crippen LogP contribution in [0.4, 0.5) is 5.82 Å². The van der Waals surface area contributed by atoms with Gasteiger partial charge in [-0.1, -0.05) is 0 Å². The Morgan fingerprint density at radius 3 is 2.72 bits per heavy atom. The number of rotatable bonds is 6. The molecular weight excluding hydrogens is 248 g/mol. The Balaban J connectivity index is 2.71. The topological polar surface area (TPSA) is 58.1 Å². The first-order valence-corrected chi connectivity index (χ1v) is 7.33. The van der Waals surface area contributed by atoms with Crippen LogP contribution in [-0.4, -0.2) is 52.6 Å². The molecule has 1 aromatic heterocycles. The number of thioether (sulfide) groups is 1. The molecular formula is C12H20N4OS. The second kappa shape index (κ2) is 7.20. The number of carbonyl (C=O) groups is 1. The van der Waals surface area contributed by atoms with Gasteiger partial charge in [-0.25, -0.2) is 0 Å². The molecule has 1 atom stereocenters. The van der Waals surface area contributed by atoms with Gasteiger partial charge in [-0.05, 0) is 32.2 Å². The predicted octanol–water partition coefficient (Wildman–Crippen LogP) is 1.73. The number of hydrogen-bond donors (Lipinski definition) is 1. The third-order valence-corrected chi connectivity index (χ3v) is 3.45. The van der Waals surface area contributed by atoms with Crippen molar-refractivity contribution >= 4 is 23.5 Å². The van der Waals surface area contributed by atoms with Crippen LogP contribution < -0.4 is 5.32 Å². The van der Waals surface area contributed by atoms with Crippen LogP contribution in [0, 0.1) is 0 Å². The van der Waals surface area contributed by atoms with E-state index in [0.717, 1.165) is 12.3 Å². The molecule has 1 heterocycles. The molecule has 100 valence electrons. The lowest BCUT2D eigenvalue weighted by Crippen LogP contribution is -2.37. The number of carbonyl (C=O) groups excluding carboxylic acids is 1. The number of anilines is 1. The Bertz CT molecular complexity index is 382. The number of aromatic nitrogens is 2. The highest BCUT2D eigenvalue weighted by molar-refractivity contribution is 7.98. The zero-order valence-electron chi connectivity index (χ0n) is 11.3. The SMILES string of the molecule is CCNc1ccc(C(=O)N(C)C(C)CSC)nn1. The van der Waals surface area contributed by atoms with Gasteiger partial charge in [0.2, 0.25) is 0 Å². The molecule has 1 aromatic rings. The molecule has 1 amide bonds. The largest absolute Gasteiger partial charge is 0.369 e. The second-order valence-corrected chi connectivity index (χ2v) is 4.97. The monoisotopic (exact) mass is 268 g/mol. The fourth-order valence-corrected chi connectivity index (χ4v) is 2.16. The van der Waals surface area contributed by atoms with Gasteiger partial charge in [0.15, 0.2) is 5.69 Å². The normalized spacial score (nSPS) is 12.0. The van der Waals surface area contributed by atoms with E-state index in [2.05, 4.69) is 15.5 Å². The summed E-state index contributed by atoms with van der Waals surface area (Å²) in [5.41, 5.74) is 0.382. The quantitative estimate of drug-likeness (QED) is 0.851. The van der Waals surface area contributed by atoms with Crippen molar-refractivity contribution < 1.29 is 4.79 Å². The number of hydrogen-bond acceptors (Lipinski definition) is 5. The summed E-state index contributed by atoms with van der Waals surface area (Å²) in [7, 11) is 1.79. The van der Waals surface area contributed by atoms with Gasteiger partial charge < -0.3 is 10.2 Å². The van der Waals surface area contributed by atoms with Gasteiger partial charge >= 0.3 is 0 Å². The minimum Gasteiger partial charge on any atom is -0.369 e. The van der Waals surface area contributed by atoms with E-state index in [9.17, 15) is 4.79 Å². The van der Waals surface area contributed by atoms with Gasteiger partial charge in [-0.2, -0.15) is 11.8 Å². The summed E-state index contributed by atoms with van der Waals surface area (Å²) in [6.45, 7) is 4.79. The van der Waals surface area contributed by atoms with Gasteiger partial charge in [0.1, 0.15) is 5.82 Å². The lowest BCUT2D eigenvalue weighted by molar-refractivity contribution is 0.0750. The van der Waals surface area contributed by atoms with E-state index in [1.54, 1.807) is 35.8 Å². The molecule has 1 unspecified atom stereocenters. The second-order valence-electron chi connectivity index (χ2n) is 4.05. The summed E-state index contributed by atoms with van der Waals surface area (Å²) in [6.07, 6.45) is 2.03. The summed E-state index contributed by atoms with van der Waals surface area (Å²) >= 11 is 1.72. The Morgan fingerprint density at radius 1 is 1.50 bits per heavy atom. The number of amides is 1. The van der Waals surface area contributed by atoms with Crippen LogP contribution >= 0.6 is 11.8 Å². The molecule has 0 aliphatic rings. The van der Waals surface area contributed by atoms with Crippen LogP contribution in [0.5, 0.6) is 0 Å². The van der Waals surface area contributed by atoms with Crippen LogP contribution in [0.25, 0.3) is 0 Å². The number of nitrogens with one attached hydrogen (secondary N) is 1. The Kier molecular flexibility index (Phi) is 5.91. The van der Waals surface area contributed by atoms with Crippen LogP contribution in [0.1, 0.15) is 24.3 Å². The highest BCUT2D eigenvalue weighted by Crippen LogP contribution is 2.09. The highest BCUT2D eigenvalue weighted by Gasteiger charge is 2.18. The van der Waals surface area contributed by atoms with E-state index < -0.39 is 0 Å². The Morgan fingerprint density at radius 2 is 2.22 bits per heavy atom. The van der Waals surface area contributed by atoms with Crippen molar-refractivity contribution in [2.24, 2.45) is 0 Å². The van der Waals surface area contributed by atoms with Crippen molar-refractivity contribution in [3.05, 3.63) is 17.8 Å². The number of nitrogens with zero attached hydrogens (tertiary/aromatic N) is 3. The average Bonchev–Trinajstić information content (AvgIpc) is 2.38. The summed E-state index contributed by atoms with van der Waals surface area (Å²) < 4.78 is 0. The van der Waals surface area contributed by atoms with Gasteiger partial charge in [0, 0.05) is 25.4 Å². The van der Waals surface area contributed by atoms with Crippen molar-refractivity contribution in [1.82, 2.24) is 15.1 Å². The molecule has 5 nitrogen and oxygen atoms in total. The minimum atomic E-state index is -0.0906. The van der Waals surface area contributed by atoms with Gasteiger partial charge in [0.05, 0.1) is 0 Å². The third kappa shape index (κ3) is 3.87. The zero-order chi connectivity index (χ0) is 13.5. The van der Waals surface area contributed by atoms with Gasteiger partial charge in [-0.15, -0.1) is 10.2 Å². The maximum Gasteiger partial charge on any atom is 0.274 e. The molecule has 0 aromatic carbocycles. The summed E-state index contributed by atoms with van der Waals surface area (Å²) in [5, 5.41) is 11.0. The standard InChI is InChI=1S/C12H20N4OS/c1-5-13-11-7-6-10(14-15-11)12(17)16(3)9(2)8-18-4/h6-7,9H,5,8H2,1-4H3,(H,13,15). The van der Waals surface area contributed by atoms with E-state index in [1.807, 2.05) is 20.1 Å². The maximum atomic E-state index is 12.1. The molecule has 0 saturated carbocycles. The summed E-state index contributed by atoms with van der Waals surface area (Å²) in [6, 6.07) is 3.66. The van der Waals surface area contributed by atoms with Gasteiger partial charge in [0.25, 0.3) is 5.91 Å². The molecule has 6 heteroatoms. The fraction of sp³-hybridized carbons (Fsp3) is 0.583. The van der Waals surface area contributed by atoms with E-state index in [-0.39, 0.29) is 11.9 Å². The molecule has 0 aliphatic heterocycles. The van der Waals surface area contributed by atoms with Crippen molar-refractivity contribution in [2.75, 3.05) is 30.9 Å². The predicted molar refractivity (Wildman–Crippen MR) is 76.1 cm³/mol.